The van der Waals surface area contributed by atoms with Crippen LogP contribution in [0.5, 0.6) is 0 Å². The van der Waals surface area contributed by atoms with Crippen molar-refractivity contribution in [3.8, 4) is 0 Å². The standard InChI is InChI=1S/C38H29N5/c39-37(28-14-4-1-5-15-28)43(31-18-8-3-9-19-31)38(40)29-24-26-32(27-25-29)42-35-22-12-10-20-33(35)41(30-16-6-2-7-17-30)34-21-11-13-23-36(34)42/h1-27,39-40H/p+1. The maximum atomic E-state index is 9.07. The molecule has 0 saturated carbocycles. The van der Waals surface area contributed by atoms with Crippen LogP contribution in [0.2, 0.25) is 0 Å². The number of rotatable bonds is 5. The lowest BCUT2D eigenvalue weighted by Crippen LogP contribution is -2.54. The summed E-state index contributed by atoms with van der Waals surface area (Å²) in [6.07, 6.45) is 0. The number of fused-ring (bicyclic) bond motifs is 2. The van der Waals surface area contributed by atoms with Gasteiger partial charge in [-0.2, -0.15) is 4.90 Å². The Kier molecular flexibility index (Phi) is 6.74. The molecule has 0 fully saturated rings. The second kappa shape index (κ2) is 11.1. The Labute approximate surface area is 251 Å². The highest BCUT2D eigenvalue weighted by atomic mass is 15.3. The van der Waals surface area contributed by atoms with Gasteiger partial charge in [0, 0.05) is 16.9 Å². The molecule has 1 aliphatic heterocycles. The zero-order valence-corrected chi connectivity index (χ0v) is 23.5. The van der Waals surface area contributed by atoms with Gasteiger partial charge < -0.3 is 9.80 Å². The average molecular weight is 557 g/mol. The Morgan fingerprint density at radius 3 is 1.33 bits per heavy atom. The molecule has 0 aromatic heterocycles. The first kappa shape index (κ1) is 26.0. The lowest BCUT2D eigenvalue weighted by atomic mass is 10.0. The maximum absolute atomic E-state index is 9.07. The predicted octanol–water partition coefficient (Wildman–Crippen LogP) is 7.98. The molecule has 0 aliphatic carbocycles. The van der Waals surface area contributed by atoms with E-state index in [2.05, 4.69) is 94.7 Å². The van der Waals surface area contributed by atoms with Crippen LogP contribution in [0.15, 0.2) is 164 Å². The van der Waals surface area contributed by atoms with Crippen LogP contribution < -0.4 is 20.1 Å². The molecule has 6 aromatic rings. The van der Waals surface area contributed by atoms with E-state index in [9.17, 15) is 0 Å². The number of nitrogens with one attached hydrogen (secondary N) is 1. The topological polar surface area (TPSA) is 59.2 Å². The first-order valence-electron chi connectivity index (χ1n) is 14.3. The van der Waals surface area contributed by atoms with Crippen molar-refractivity contribution < 1.29 is 5.41 Å². The highest BCUT2D eigenvalue weighted by molar-refractivity contribution is 6.26. The van der Waals surface area contributed by atoms with Crippen molar-refractivity contribution in [1.29, 1.82) is 5.41 Å². The zero-order chi connectivity index (χ0) is 29.2. The lowest BCUT2D eigenvalue weighted by Gasteiger charge is -2.40. The SMILES string of the molecule is N=C(c1ccccc1)N(C(=[NH2+])c1ccc(N2c3ccccc3N(c3ccccc3)c3ccccc32)cc1)c1ccccc1. The highest BCUT2D eigenvalue weighted by Gasteiger charge is 2.31. The Hall–Kier alpha value is -5.94. The molecule has 0 amide bonds. The number of hydrogen-bond acceptors (Lipinski definition) is 3. The summed E-state index contributed by atoms with van der Waals surface area (Å²) in [5.41, 5.74) is 8.97. The van der Waals surface area contributed by atoms with Gasteiger partial charge in [0.25, 0.3) is 5.84 Å². The second-order valence-electron chi connectivity index (χ2n) is 10.3. The van der Waals surface area contributed by atoms with Crippen molar-refractivity contribution in [2.24, 2.45) is 0 Å². The fraction of sp³-hybridized carbons (Fsp3) is 0. The van der Waals surface area contributed by atoms with Crippen molar-refractivity contribution in [3.63, 3.8) is 0 Å². The summed E-state index contributed by atoms with van der Waals surface area (Å²) in [6.45, 7) is 0. The van der Waals surface area contributed by atoms with Gasteiger partial charge in [-0.3, -0.25) is 10.8 Å². The van der Waals surface area contributed by atoms with E-state index in [1.165, 1.54) is 0 Å². The van der Waals surface area contributed by atoms with E-state index < -0.39 is 0 Å². The lowest BCUT2D eigenvalue weighted by molar-refractivity contribution is -0.113. The molecule has 1 aliphatic rings. The van der Waals surface area contributed by atoms with E-state index in [4.69, 9.17) is 10.8 Å². The van der Waals surface area contributed by atoms with Gasteiger partial charge in [-0.05, 0) is 84.9 Å². The normalized spacial score (nSPS) is 11.8. The van der Waals surface area contributed by atoms with Crippen molar-refractivity contribution >= 4 is 51.5 Å². The van der Waals surface area contributed by atoms with Crippen LogP contribution in [0.4, 0.5) is 39.8 Å². The monoisotopic (exact) mass is 556 g/mol. The molecule has 1 heterocycles. The Balaban J connectivity index is 1.28. The minimum absolute atomic E-state index is 0.313. The second-order valence-corrected chi connectivity index (χ2v) is 10.3. The first-order chi connectivity index (χ1) is 21.2. The van der Waals surface area contributed by atoms with Gasteiger partial charge in [0.05, 0.1) is 28.3 Å². The summed E-state index contributed by atoms with van der Waals surface area (Å²) in [4.78, 5) is 6.41. The van der Waals surface area contributed by atoms with E-state index in [-0.39, 0.29) is 0 Å². The molecule has 0 radical (unpaired) electrons. The summed E-state index contributed by atoms with van der Waals surface area (Å²) in [5, 5.41) is 15.9. The number of nitrogens with zero attached hydrogens (tertiary/aromatic N) is 3. The molecule has 5 heteroatoms. The molecule has 0 unspecified atom stereocenters. The average Bonchev–Trinajstić information content (AvgIpc) is 3.08. The van der Waals surface area contributed by atoms with E-state index in [0.717, 1.165) is 50.9 Å². The molecule has 0 bridgehead atoms. The van der Waals surface area contributed by atoms with E-state index >= 15 is 0 Å². The molecule has 0 saturated heterocycles. The molecule has 7 rings (SSSR count). The van der Waals surface area contributed by atoms with Crippen molar-refractivity contribution in [1.82, 2.24) is 0 Å². The van der Waals surface area contributed by atoms with Gasteiger partial charge in [0.1, 0.15) is 5.69 Å². The van der Waals surface area contributed by atoms with E-state index in [1.807, 2.05) is 78.9 Å². The predicted molar refractivity (Wildman–Crippen MR) is 178 cm³/mol. The number of anilines is 7. The zero-order valence-electron chi connectivity index (χ0n) is 23.5. The fourth-order valence-electron chi connectivity index (χ4n) is 5.68. The van der Waals surface area contributed by atoms with Gasteiger partial charge in [0.15, 0.2) is 0 Å². The van der Waals surface area contributed by atoms with Crippen LogP contribution in [0.3, 0.4) is 0 Å². The largest absolute Gasteiger partial charge is 0.306 e. The summed E-state index contributed by atoms with van der Waals surface area (Å²) in [5.74, 6) is 0.801. The van der Waals surface area contributed by atoms with Gasteiger partial charge >= 0.3 is 0 Å². The minimum atomic E-state index is 0.313. The van der Waals surface area contributed by atoms with Gasteiger partial charge in [0.2, 0.25) is 5.84 Å². The molecule has 6 aromatic carbocycles. The third-order valence-electron chi connectivity index (χ3n) is 7.69. The molecular formula is C38H30N5+. The van der Waals surface area contributed by atoms with Crippen LogP contribution in [-0.4, -0.2) is 11.7 Å². The Morgan fingerprint density at radius 1 is 0.442 bits per heavy atom. The molecule has 43 heavy (non-hydrogen) atoms. The minimum Gasteiger partial charge on any atom is -0.306 e. The van der Waals surface area contributed by atoms with Gasteiger partial charge in [-0.1, -0.05) is 78.9 Å². The number of nitrogens with two attached hydrogens (primary N) is 1. The third-order valence-corrected chi connectivity index (χ3v) is 7.69. The first-order valence-corrected chi connectivity index (χ1v) is 14.3. The van der Waals surface area contributed by atoms with Crippen LogP contribution in [0.1, 0.15) is 11.1 Å². The molecule has 0 spiro atoms. The molecule has 206 valence electrons. The summed E-state index contributed by atoms with van der Waals surface area (Å²) < 4.78 is 0. The molecule has 5 nitrogen and oxygen atoms in total. The molecule has 0 atom stereocenters. The van der Waals surface area contributed by atoms with Crippen LogP contribution in [0, 0.1) is 5.41 Å². The molecule has 3 N–H and O–H groups in total. The number of benzene rings is 6. The maximum Gasteiger partial charge on any atom is 0.286 e. The van der Waals surface area contributed by atoms with Crippen molar-refractivity contribution in [2.45, 2.75) is 0 Å². The fourth-order valence-corrected chi connectivity index (χ4v) is 5.68. The van der Waals surface area contributed by atoms with Gasteiger partial charge in [-0.15, -0.1) is 0 Å². The van der Waals surface area contributed by atoms with Crippen LogP contribution in [0.25, 0.3) is 0 Å². The summed E-state index contributed by atoms with van der Waals surface area (Å²) in [7, 11) is 0. The number of amidine groups is 2. The summed E-state index contributed by atoms with van der Waals surface area (Å²) in [6, 6.07) is 55.2. The highest BCUT2D eigenvalue weighted by Crippen LogP contribution is 2.53. The number of para-hydroxylation sites is 6. The van der Waals surface area contributed by atoms with Crippen molar-refractivity contribution in [3.05, 3.63) is 175 Å². The van der Waals surface area contributed by atoms with Crippen LogP contribution >= 0.6 is 0 Å². The Bertz CT molecular complexity index is 1850. The quantitative estimate of drug-likeness (QED) is 0.167. The van der Waals surface area contributed by atoms with Crippen molar-refractivity contribution in [2.75, 3.05) is 14.7 Å². The Morgan fingerprint density at radius 2 is 0.837 bits per heavy atom. The van der Waals surface area contributed by atoms with Gasteiger partial charge in [-0.25, -0.2) is 0 Å². The third kappa shape index (κ3) is 4.73. The number of hydrogen-bond donors (Lipinski definition) is 2. The van der Waals surface area contributed by atoms with Crippen LogP contribution in [-0.2, 0) is 0 Å². The summed E-state index contributed by atoms with van der Waals surface area (Å²) >= 11 is 0. The molecular weight excluding hydrogens is 526 g/mol. The van der Waals surface area contributed by atoms with E-state index in [0.29, 0.717) is 11.7 Å². The smallest absolute Gasteiger partial charge is 0.286 e. The van der Waals surface area contributed by atoms with E-state index in [1.54, 1.807) is 4.90 Å².